The van der Waals surface area contributed by atoms with Gasteiger partial charge in [0.15, 0.2) is 5.82 Å². The van der Waals surface area contributed by atoms with E-state index in [1.54, 1.807) is 13.0 Å². The second-order valence-corrected chi connectivity index (χ2v) is 6.76. The van der Waals surface area contributed by atoms with Crippen molar-refractivity contribution in [3.63, 3.8) is 0 Å². The van der Waals surface area contributed by atoms with E-state index in [9.17, 15) is 18.0 Å². The standard InChI is InChI=1S/C18H14BrF3N4O/c1-11-7-16(24-17(27)9-12-3-2-4-14(19)8-12)26(25-11)15-6-5-13(10-23-15)18(20,21)22/h2-8,10H,9H2,1H3,(H,24,27). The summed E-state index contributed by atoms with van der Waals surface area (Å²) in [6, 6.07) is 11.1. The van der Waals surface area contributed by atoms with Gasteiger partial charge >= 0.3 is 6.18 Å². The summed E-state index contributed by atoms with van der Waals surface area (Å²) in [6.07, 6.45) is -3.59. The van der Waals surface area contributed by atoms with Gasteiger partial charge in [-0.2, -0.15) is 23.0 Å². The fourth-order valence-corrected chi connectivity index (χ4v) is 2.91. The van der Waals surface area contributed by atoms with E-state index in [1.807, 2.05) is 24.3 Å². The van der Waals surface area contributed by atoms with Gasteiger partial charge in [0.25, 0.3) is 0 Å². The Kier molecular flexibility index (Phi) is 5.31. The fourth-order valence-electron chi connectivity index (χ4n) is 2.46. The van der Waals surface area contributed by atoms with Crippen LogP contribution in [0.3, 0.4) is 0 Å². The topological polar surface area (TPSA) is 59.8 Å². The lowest BCUT2D eigenvalue weighted by molar-refractivity contribution is -0.137. The zero-order valence-electron chi connectivity index (χ0n) is 14.1. The van der Waals surface area contributed by atoms with E-state index in [1.165, 1.54) is 10.7 Å². The summed E-state index contributed by atoms with van der Waals surface area (Å²) in [5.74, 6) is 0.231. The molecule has 0 saturated carbocycles. The lowest BCUT2D eigenvalue weighted by Gasteiger charge is -2.10. The molecule has 2 aromatic heterocycles. The van der Waals surface area contributed by atoms with Crippen molar-refractivity contribution in [3.05, 3.63) is 70.0 Å². The van der Waals surface area contributed by atoms with Crippen LogP contribution in [0.4, 0.5) is 19.0 Å². The van der Waals surface area contributed by atoms with Crippen LogP contribution in [0, 0.1) is 6.92 Å². The molecule has 1 amide bonds. The summed E-state index contributed by atoms with van der Waals surface area (Å²) in [6.45, 7) is 1.71. The van der Waals surface area contributed by atoms with Gasteiger partial charge in [0.2, 0.25) is 5.91 Å². The van der Waals surface area contributed by atoms with Crippen LogP contribution >= 0.6 is 15.9 Å². The Hall–Kier alpha value is -2.68. The third kappa shape index (κ3) is 4.73. The molecule has 0 spiro atoms. The number of aromatic nitrogens is 3. The number of carbonyl (C=O) groups excluding carboxylic acids is 1. The van der Waals surface area contributed by atoms with Gasteiger partial charge in [-0.3, -0.25) is 4.79 Å². The SMILES string of the molecule is Cc1cc(NC(=O)Cc2cccc(Br)c2)n(-c2ccc(C(F)(F)F)cn2)n1. The number of benzene rings is 1. The molecule has 1 N–H and O–H groups in total. The van der Waals surface area contributed by atoms with Gasteiger partial charge in [-0.1, -0.05) is 28.1 Å². The number of aryl methyl sites for hydroxylation is 1. The van der Waals surface area contributed by atoms with Crippen molar-refractivity contribution < 1.29 is 18.0 Å². The number of anilines is 1. The molecule has 0 atom stereocenters. The van der Waals surface area contributed by atoms with E-state index in [0.717, 1.165) is 22.3 Å². The third-order valence-corrected chi connectivity index (χ3v) is 4.14. The van der Waals surface area contributed by atoms with Gasteiger partial charge in [0.1, 0.15) is 5.82 Å². The second-order valence-electron chi connectivity index (χ2n) is 5.84. The Morgan fingerprint density at radius 1 is 1.22 bits per heavy atom. The summed E-state index contributed by atoms with van der Waals surface area (Å²) in [4.78, 5) is 16.2. The molecule has 5 nitrogen and oxygen atoms in total. The highest BCUT2D eigenvalue weighted by molar-refractivity contribution is 9.10. The molecule has 0 aliphatic carbocycles. The molecule has 3 aromatic rings. The van der Waals surface area contributed by atoms with Crippen molar-refractivity contribution >= 4 is 27.7 Å². The Balaban J connectivity index is 1.80. The zero-order valence-corrected chi connectivity index (χ0v) is 15.7. The number of nitrogens with zero attached hydrogens (tertiary/aromatic N) is 3. The van der Waals surface area contributed by atoms with Crippen LogP contribution < -0.4 is 5.32 Å². The first-order valence-corrected chi connectivity index (χ1v) is 8.66. The maximum atomic E-state index is 12.7. The van der Waals surface area contributed by atoms with E-state index in [2.05, 4.69) is 31.3 Å². The quantitative estimate of drug-likeness (QED) is 0.650. The van der Waals surface area contributed by atoms with Crippen molar-refractivity contribution in [2.75, 3.05) is 5.32 Å². The molecule has 0 radical (unpaired) electrons. The van der Waals surface area contributed by atoms with Gasteiger partial charge in [-0.25, -0.2) is 4.98 Å². The normalized spacial score (nSPS) is 11.4. The number of halogens is 4. The Morgan fingerprint density at radius 3 is 2.63 bits per heavy atom. The molecular formula is C18H14BrF3N4O. The van der Waals surface area contributed by atoms with E-state index < -0.39 is 11.7 Å². The minimum atomic E-state index is -4.47. The molecule has 140 valence electrons. The minimum absolute atomic E-state index is 0.143. The number of carbonyl (C=O) groups is 1. The minimum Gasteiger partial charge on any atom is -0.310 e. The number of alkyl halides is 3. The van der Waals surface area contributed by atoms with Crippen LogP contribution in [-0.4, -0.2) is 20.7 Å². The molecule has 0 fully saturated rings. The van der Waals surface area contributed by atoms with Crippen molar-refractivity contribution in [3.8, 4) is 5.82 Å². The summed E-state index contributed by atoms with van der Waals surface area (Å²) < 4.78 is 40.2. The van der Waals surface area contributed by atoms with Gasteiger partial charge in [0, 0.05) is 16.7 Å². The van der Waals surface area contributed by atoms with Crippen LogP contribution in [0.2, 0.25) is 0 Å². The van der Waals surface area contributed by atoms with Crippen molar-refractivity contribution in [2.24, 2.45) is 0 Å². The maximum absolute atomic E-state index is 12.7. The molecule has 0 bridgehead atoms. The number of rotatable bonds is 4. The maximum Gasteiger partial charge on any atom is 0.417 e. The number of amides is 1. The lowest BCUT2D eigenvalue weighted by atomic mass is 10.1. The monoisotopic (exact) mass is 438 g/mol. The summed E-state index contributed by atoms with van der Waals surface area (Å²) in [7, 11) is 0. The summed E-state index contributed by atoms with van der Waals surface area (Å²) >= 11 is 3.35. The number of nitrogens with one attached hydrogen (secondary N) is 1. The largest absolute Gasteiger partial charge is 0.417 e. The highest BCUT2D eigenvalue weighted by Gasteiger charge is 2.30. The first kappa shape index (κ1) is 19.1. The van der Waals surface area contributed by atoms with E-state index in [0.29, 0.717) is 11.5 Å². The Labute approximate surface area is 161 Å². The lowest BCUT2D eigenvalue weighted by Crippen LogP contribution is -2.17. The molecule has 0 aliphatic heterocycles. The molecule has 2 heterocycles. The molecule has 0 aliphatic rings. The van der Waals surface area contributed by atoms with Crippen LogP contribution in [-0.2, 0) is 17.4 Å². The highest BCUT2D eigenvalue weighted by atomic mass is 79.9. The predicted octanol–water partition coefficient (Wildman–Crippen LogP) is 4.54. The average Bonchev–Trinajstić information content (AvgIpc) is 2.94. The van der Waals surface area contributed by atoms with Gasteiger partial charge in [-0.05, 0) is 36.8 Å². The summed E-state index contributed by atoms with van der Waals surface area (Å²) in [5.41, 5.74) is 0.558. The van der Waals surface area contributed by atoms with Crippen LogP contribution in [0.1, 0.15) is 16.8 Å². The first-order valence-electron chi connectivity index (χ1n) is 7.87. The molecule has 1 aromatic carbocycles. The van der Waals surface area contributed by atoms with Crippen LogP contribution in [0.15, 0.2) is 53.1 Å². The highest BCUT2D eigenvalue weighted by Crippen LogP contribution is 2.29. The van der Waals surface area contributed by atoms with E-state index in [4.69, 9.17) is 0 Å². The molecular weight excluding hydrogens is 425 g/mol. The van der Waals surface area contributed by atoms with Gasteiger partial charge in [-0.15, -0.1) is 0 Å². The molecule has 0 saturated heterocycles. The summed E-state index contributed by atoms with van der Waals surface area (Å²) in [5, 5.41) is 6.92. The van der Waals surface area contributed by atoms with Crippen LogP contribution in [0.5, 0.6) is 0 Å². The van der Waals surface area contributed by atoms with Crippen molar-refractivity contribution in [1.82, 2.24) is 14.8 Å². The third-order valence-electron chi connectivity index (χ3n) is 3.64. The number of hydrogen-bond donors (Lipinski definition) is 1. The first-order chi connectivity index (χ1) is 12.7. The number of hydrogen-bond acceptors (Lipinski definition) is 3. The Bertz CT molecular complexity index is 967. The van der Waals surface area contributed by atoms with Crippen LogP contribution in [0.25, 0.3) is 5.82 Å². The van der Waals surface area contributed by atoms with E-state index >= 15 is 0 Å². The Morgan fingerprint density at radius 2 is 2.00 bits per heavy atom. The molecule has 3 rings (SSSR count). The van der Waals surface area contributed by atoms with E-state index in [-0.39, 0.29) is 18.1 Å². The molecule has 9 heteroatoms. The zero-order chi connectivity index (χ0) is 19.6. The van der Waals surface area contributed by atoms with Crippen molar-refractivity contribution in [2.45, 2.75) is 19.5 Å². The van der Waals surface area contributed by atoms with Crippen molar-refractivity contribution in [1.29, 1.82) is 0 Å². The molecule has 0 unspecified atom stereocenters. The molecule has 27 heavy (non-hydrogen) atoms. The average molecular weight is 439 g/mol. The predicted molar refractivity (Wildman–Crippen MR) is 97.6 cm³/mol. The second kappa shape index (κ2) is 7.51. The fraction of sp³-hybridized carbons (Fsp3) is 0.167. The number of pyridine rings is 1. The van der Waals surface area contributed by atoms with Gasteiger partial charge in [0.05, 0.1) is 17.7 Å². The van der Waals surface area contributed by atoms with Gasteiger partial charge < -0.3 is 5.32 Å². The smallest absolute Gasteiger partial charge is 0.310 e.